The zero-order valence-corrected chi connectivity index (χ0v) is 16.4. The quantitative estimate of drug-likeness (QED) is 0.822. The molecule has 148 valence electrons. The summed E-state index contributed by atoms with van der Waals surface area (Å²) >= 11 is 1.31. The Morgan fingerprint density at radius 3 is 2.79 bits per heavy atom. The van der Waals surface area contributed by atoms with Gasteiger partial charge in [-0.05, 0) is 23.4 Å². The van der Waals surface area contributed by atoms with E-state index in [0.29, 0.717) is 11.3 Å². The van der Waals surface area contributed by atoms with Gasteiger partial charge in [0.05, 0.1) is 17.5 Å². The molecule has 2 heterocycles. The Morgan fingerprint density at radius 1 is 1.43 bits per heavy atom. The number of fused-ring (bicyclic) bond motifs is 1. The highest BCUT2D eigenvalue weighted by atomic mass is 32.1. The Labute approximate surface area is 165 Å². The van der Waals surface area contributed by atoms with Gasteiger partial charge in [-0.3, -0.25) is 9.59 Å². The van der Waals surface area contributed by atoms with E-state index in [1.165, 1.54) is 11.3 Å². The Bertz CT molecular complexity index is 904. The Morgan fingerprint density at radius 2 is 2.14 bits per heavy atom. The lowest BCUT2D eigenvalue weighted by Gasteiger charge is -2.29. The van der Waals surface area contributed by atoms with E-state index in [1.54, 1.807) is 19.1 Å². The Kier molecular flexibility index (Phi) is 5.66. The zero-order valence-electron chi connectivity index (χ0n) is 15.6. The van der Waals surface area contributed by atoms with Gasteiger partial charge in [0, 0.05) is 11.1 Å². The first-order chi connectivity index (χ1) is 13.3. The number of thiophene rings is 1. The largest absolute Gasteiger partial charge is 0.339 e. The predicted octanol–water partition coefficient (Wildman–Crippen LogP) is 3.81. The van der Waals surface area contributed by atoms with Gasteiger partial charge >= 0.3 is 0 Å². The summed E-state index contributed by atoms with van der Waals surface area (Å²) in [6.07, 6.45) is -0.0999. The van der Waals surface area contributed by atoms with Crippen LogP contribution in [0.2, 0.25) is 0 Å². The second-order valence-electron chi connectivity index (χ2n) is 7.16. The van der Waals surface area contributed by atoms with Gasteiger partial charge in [-0.15, -0.1) is 11.3 Å². The molecule has 0 radical (unpaired) electrons. The maximum absolute atomic E-state index is 13.8. The number of alkyl halides is 2. The van der Waals surface area contributed by atoms with Crippen molar-refractivity contribution in [3.05, 3.63) is 35.2 Å². The summed E-state index contributed by atoms with van der Waals surface area (Å²) in [5.74, 6) is -4.41. The van der Waals surface area contributed by atoms with Crippen LogP contribution in [0.5, 0.6) is 0 Å². The Balaban J connectivity index is 1.83. The monoisotopic (exact) mass is 405 g/mol. The number of nitriles is 1. The minimum absolute atomic E-state index is 0.264. The van der Waals surface area contributed by atoms with Gasteiger partial charge in [-0.1, -0.05) is 38.5 Å². The Hall–Kier alpha value is -2.53. The number of carbonyl (C=O) groups excluding carboxylic acids is 2. The van der Waals surface area contributed by atoms with E-state index in [2.05, 4.69) is 5.32 Å². The van der Waals surface area contributed by atoms with Crippen LogP contribution in [0.1, 0.15) is 36.4 Å². The average Bonchev–Trinajstić information content (AvgIpc) is 3.24. The fourth-order valence-electron chi connectivity index (χ4n) is 3.33. The maximum Gasteiger partial charge on any atom is 0.268 e. The van der Waals surface area contributed by atoms with Crippen LogP contribution in [0, 0.1) is 17.2 Å². The molecule has 1 saturated heterocycles. The number of benzene rings is 1. The molecule has 0 aliphatic carbocycles. The molecule has 2 amide bonds. The number of nitrogens with one attached hydrogen (secondary N) is 1. The average molecular weight is 405 g/mol. The summed E-state index contributed by atoms with van der Waals surface area (Å²) in [4.78, 5) is 27.1. The van der Waals surface area contributed by atoms with Crippen molar-refractivity contribution in [2.75, 3.05) is 6.54 Å². The van der Waals surface area contributed by atoms with Crippen LogP contribution in [-0.2, 0) is 4.79 Å². The van der Waals surface area contributed by atoms with E-state index in [0.717, 1.165) is 15.0 Å². The normalized spacial score (nSPS) is 20.5. The minimum Gasteiger partial charge on any atom is -0.339 e. The molecule has 3 rings (SSSR count). The lowest BCUT2D eigenvalue weighted by Crippen LogP contribution is -2.53. The third kappa shape index (κ3) is 3.99. The third-order valence-corrected chi connectivity index (χ3v) is 6.23. The van der Waals surface area contributed by atoms with E-state index in [1.807, 2.05) is 31.2 Å². The molecule has 1 aliphatic rings. The third-order valence-electron chi connectivity index (χ3n) is 5.12. The number of nitrogens with zero attached hydrogens (tertiary/aromatic N) is 2. The van der Waals surface area contributed by atoms with Crippen LogP contribution in [0.4, 0.5) is 8.78 Å². The first kappa shape index (κ1) is 20.2. The zero-order chi connectivity index (χ0) is 20.5. The van der Waals surface area contributed by atoms with E-state index in [-0.39, 0.29) is 5.92 Å². The molecule has 0 bridgehead atoms. The molecule has 1 aromatic heterocycles. The van der Waals surface area contributed by atoms with Crippen molar-refractivity contribution in [2.45, 2.75) is 44.7 Å². The minimum atomic E-state index is -3.09. The maximum atomic E-state index is 13.8. The summed E-state index contributed by atoms with van der Waals surface area (Å²) in [5.41, 5.74) is 0. The lowest BCUT2D eigenvalue weighted by atomic mass is 9.97. The topological polar surface area (TPSA) is 73.2 Å². The van der Waals surface area contributed by atoms with Crippen LogP contribution in [0.15, 0.2) is 30.3 Å². The van der Waals surface area contributed by atoms with Crippen LogP contribution < -0.4 is 5.32 Å². The second kappa shape index (κ2) is 7.84. The standard InChI is InChI=1S/C20H21F2N3O2S/c1-3-12(2)17(19(27)25-11-20(21,22)9-14(25)10-23)24-18(26)16-8-13-6-4-5-7-15(13)28-16/h4-8,12,14,17H,3,9,11H2,1-2H3,(H,24,26)/t12-,14-,17-/m0/s1. The lowest BCUT2D eigenvalue weighted by molar-refractivity contribution is -0.135. The van der Waals surface area contributed by atoms with Crippen molar-refractivity contribution in [3.8, 4) is 6.07 Å². The molecule has 1 N–H and O–H groups in total. The van der Waals surface area contributed by atoms with Gasteiger partial charge < -0.3 is 10.2 Å². The van der Waals surface area contributed by atoms with E-state index in [9.17, 15) is 23.6 Å². The highest BCUT2D eigenvalue weighted by Gasteiger charge is 2.49. The van der Waals surface area contributed by atoms with E-state index >= 15 is 0 Å². The number of carbonyl (C=O) groups is 2. The van der Waals surface area contributed by atoms with Crippen LogP contribution in [-0.4, -0.2) is 41.3 Å². The second-order valence-corrected chi connectivity index (χ2v) is 8.24. The van der Waals surface area contributed by atoms with Gasteiger partial charge in [-0.25, -0.2) is 8.78 Å². The van der Waals surface area contributed by atoms with Crippen molar-refractivity contribution < 1.29 is 18.4 Å². The number of rotatable bonds is 5. The van der Waals surface area contributed by atoms with Crippen LogP contribution >= 0.6 is 11.3 Å². The molecule has 1 aromatic carbocycles. The van der Waals surface area contributed by atoms with Gasteiger partial charge in [0.2, 0.25) is 5.91 Å². The van der Waals surface area contributed by atoms with Gasteiger partial charge in [0.1, 0.15) is 12.1 Å². The van der Waals surface area contributed by atoms with Crippen molar-refractivity contribution in [1.82, 2.24) is 10.2 Å². The predicted molar refractivity (Wildman–Crippen MR) is 103 cm³/mol. The molecule has 1 aliphatic heterocycles. The van der Waals surface area contributed by atoms with Crippen molar-refractivity contribution >= 4 is 33.2 Å². The highest BCUT2D eigenvalue weighted by molar-refractivity contribution is 7.20. The number of amides is 2. The van der Waals surface area contributed by atoms with E-state index < -0.39 is 42.8 Å². The fraction of sp³-hybridized carbons (Fsp3) is 0.450. The molecule has 3 atom stereocenters. The molecule has 28 heavy (non-hydrogen) atoms. The summed E-state index contributed by atoms with van der Waals surface area (Å²) in [5, 5.41) is 12.8. The summed E-state index contributed by atoms with van der Waals surface area (Å²) in [6, 6.07) is 8.92. The number of halogens is 2. The van der Waals surface area contributed by atoms with Crippen molar-refractivity contribution in [1.29, 1.82) is 5.26 Å². The first-order valence-electron chi connectivity index (χ1n) is 9.13. The van der Waals surface area contributed by atoms with Gasteiger partial charge in [0.15, 0.2) is 0 Å². The van der Waals surface area contributed by atoms with Gasteiger partial charge in [0.25, 0.3) is 11.8 Å². The molecular formula is C20H21F2N3O2S. The van der Waals surface area contributed by atoms with Crippen LogP contribution in [0.3, 0.4) is 0 Å². The number of hydrogen-bond donors (Lipinski definition) is 1. The number of likely N-dealkylation sites (tertiary alicyclic amines) is 1. The summed E-state index contributed by atoms with van der Waals surface area (Å²) in [6.45, 7) is 2.84. The SMILES string of the molecule is CC[C@H](C)[C@H](NC(=O)c1cc2ccccc2s1)C(=O)N1CC(F)(F)C[C@H]1C#N. The molecular weight excluding hydrogens is 384 g/mol. The van der Waals surface area contributed by atoms with E-state index in [4.69, 9.17) is 0 Å². The molecule has 2 aromatic rings. The summed E-state index contributed by atoms with van der Waals surface area (Å²) < 4.78 is 28.5. The van der Waals surface area contributed by atoms with Crippen molar-refractivity contribution in [2.24, 2.45) is 5.92 Å². The van der Waals surface area contributed by atoms with Gasteiger partial charge in [-0.2, -0.15) is 5.26 Å². The molecule has 0 unspecified atom stereocenters. The highest BCUT2D eigenvalue weighted by Crippen LogP contribution is 2.33. The molecule has 0 saturated carbocycles. The van der Waals surface area contributed by atoms with Crippen LogP contribution in [0.25, 0.3) is 10.1 Å². The molecule has 1 fully saturated rings. The summed E-state index contributed by atoms with van der Waals surface area (Å²) in [7, 11) is 0. The van der Waals surface area contributed by atoms with Crippen molar-refractivity contribution in [3.63, 3.8) is 0 Å². The molecule has 8 heteroatoms. The number of hydrogen-bond acceptors (Lipinski definition) is 4. The molecule has 0 spiro atoms. The smallest absolute Gasteiger partial charge is 0.268 e. The molecule has 5 nitrogen and oxygen atoms in total. The first-order valence-corrected chi connectivity index (χ1v) is 9.94. The fourth-order valence-corrected chi connectivity index (χ4v) is 4.30.